The molecule has 0 aromatic rings. The van der Waals surface area contributed by atoms with Crippen LogP contribution >= 0.6 is 31.9 Å². The smallest absolute Gasteiger partial charge is 0.108 e. The minimum Gasteiger partial charge on any atom is -0.494 e. The summed E-state index contributed by atoms with van der Waals surface area (Å²) in [6.45, 7) is 10.3. The molecule has 0 fully saturated rings. The quantitative estimate of drug-likeness (QED) is 0.387. The van der Waals surface area contributed by atoms with Gasteiger partial charge in [0, 0.05) is 4.48 Å². The molecule has 0 N–H and O–H groups in total. The Morgan fingerprint density at radius 3 is 2.40 bits per heavy atom. The maximum Gasteiger partial charge on any atom is 0.108 e. The molecule has 0 heterocycles. The Kier molecular flexibility index (Phi) is 7.79. The third-order valence-electron chi connectivity index (χ3n) is 1.67. The first-order chi connectivity index (χ1) is 6.97. The molecule has 0 atom stereocenters. The van der Waals surface area contributed by atoms with Gasteiger partial charge in [-0.25, -0.2) is 0 Å². The van der Waals surface area contributed by atoms with Crippen molar-refractivity contribution >= 4 is 31.9 Å². The second-order valence-electron chi connectivity index (χ2n) is 3.31. The van der Waals surface area contributed by atoms with Crippen LogP contribution < -0.4 is 0 Å². The molecule has 1 nitrogen and oxygen atoms in total. The van der Waals surface area contributed by atoms with Gasteiger partial charge in [0.1, 0.15) is 6.61 Å². The van der Waals surface area contributed by atoms with Crippen LogP contribution in [0.25, 0.3) is 0 Å². The van der Waals surface area contributed by atoms with Gasteiger partial charge in [0.05, 0.1) is 5.76 Å². The van der Waals surface area contributed by atoms with Crippen LogP contribution in [-0.2, 0) is 4.74 Å². The number of halogens is 2. The van der Waals surface area contributed by atoms with Gasteiger partial charge in [0.25, 0.3) is 0 Å². The van der Waals surface area contributed by atoms with Gasteiger partial charge >= 0.3 is 0 Å². The van der Waals surface area contributed by atoms with Crippen molar-refractivity contribution in [2.75, 3.05) is 6.61 Å². The Morgan fingerprint density at radius 1 is 1.33 bits per heavy atom. The van der Waals surface area contributed by atoms with E-state index in [0.29, 0.717) is 6.61 Å². The molecule has 0 unspecified atom stereocenters. The molecule has 0 saturated carbocycles. The predicted molar refractivity (Wildman–Crippen MR) is 74.2 cm³/mol. The van der Waals surface area contributed by atoms with Crippen molar-refractivity contribution in [2.24, 2.45) is 0 Å². The molecule has 0 amide bonds. The molecule has 84 valence electrons. The molecule has 3 heteroatoms. The summed E-state index contributed by atoms with van der Waals surface area (Å²) in [7, 11) is 0. The van der Waals surface area contributed by atoms with Crippen molar-refractivity contribution in [3.8, 4) is 0 Å². The molecule has 0 bridgehead atoms. The largest absolute Gasteiger partial charge is 0.494 e. The van der Waals surface area contributed by atoms with E-state index < -0.39 is 0 Å². The van der Waals surface area contributed by atoms with Gasteiger partial charge in [-0.05, 0) is 49.1 Å². The van der Waals surface area contributed by atoms with E-state index in [9.17, 15) is 0 Å². The number of rotatable bonds is 5. The summed E-state index contributed by atoms with van der Waals surface area (Å²) in [4.78, 5) is 1.80. The average molecular weight is 336 g/mol. The summed E-state index contributed by atoms with van der Waals surface area (Å²) in [6, 6.07) is 0. The fourth-order valence-corrected chi connectivity index (χ4v) is 1.88. The van der Waals surface area contributed by atoms with Crippen LogP contribution in [0.1, 0.15) is 20.8 Å². The fraction of sp³-hybridized carbons (Fsp3) is 0.333. The average Bonchev–Trinajstić information content (AvgIpc) is 2.14. The molecule has 0 aliphatic heterocycles. The summed E-state index contributed by atoms with van der Waals surface area (Å²) in [6.07, 6.45) is 3.92. The molecule has 0 aliphatic carbocycles. The molecular weight excluding hydrogens is 320 g/mol. The van der Waals surface area contributed by atoms with Gasteiger partial charge in [0.15, 0.2) is 0 Å². The lowest BCUT2D eigenvalue weighted by Gasteiger charge is -2.07. The van der Waals surface area contributed by atoms with Crippen LogP contribution in [0.15, 0.2) is 45.1 Å². The highest BCUT2D eigenvalue weighted by molar-refractivity contribution is 9.12. The molecule has 0 rings (SSSR count). The standard InChI is InChI=1S/C12H16Br2O/c1-9(2)8-15-11(4)10(3)7-12(14)5-6-13/h5-7H,1,8H2,2-4H3/b6-5+,11-10+,12-7+. The van der Waals surface area contributed by atoms with Crippen molar-refractivity contribution < 1.29 is 4.74 Å². The van der Waals surface area contributed by atoms with Gasteiger partial charge < -0.3 is 4.74 Å². The summed E-state index contributed by atoms with van der Waals surface area (Å²) >= 11 is 6.64. The first kappa shape index (κ1) is 14.7. The fourth-order valence-electron chi connectivity index (χ4n) is 0.762. The van der Waals surface area contributed by atoms with E-state index in [2.05, 4.69) is 38.4 Å². The highest BCUT2D eigenvalue weighted by Gasteiger charge is 1.96. The van der Waals surface area contributed by atoms with Crippen molar-refractivity contribution in [1.29, 1.82) is 0 Å². The lowest BCUT2D eigenvalue weighted by atomic mass is 10.2. The summed E-state index contributed by atoms with van der Waals surface area (Å²) in [5, 5.41) is 0. The number of allylic oxidation sites excluding steroid dienone is 5. The lowest BCUT2D eigenvalue weighted by Crippen LogP contribution is -1.94. The van der Waals surface area contributed by atoms with Crippen LogP contribution in [-0.4, -0.2) is 6.61 Å². The van der Waals surface area contributed by atoms with E-state index >= 15 is 0 Å². The van der Waals surface area contributed by atoms with E-state index in [-0.39, 0.29) is 0 Å². The monoisotopic (exact) mass is 334 g/mol. The van der Waals surface area contributed by atoms with Crippen LogP contribution in [0.3, 0.4) is 0 Å². The minimum atomic E-state index is 0.572. The van der Waals surface area contributed by atoms with Crippen molar-refractivity contribution in [3.63, 3.8) is 0 Å². The number of ether oxygens (including phenoxy) is 1. The first-order valence-electron chi connectivity index (χ1n) is 4.56. The number of hydrogen-bond acceptors (Lipinski definition) is 1. The first-order valence-corrected chi connectivity index (χ1v) is 6.27. The third kappa shape index (κ3) is 7.63. The second-order valence-corrected chi connectivity index (χ2v) is 4.75. The predicted octanol–water partition coefficient (Wildman–Crippen LogP) is 5.06. The molecule has 0 spiro atoms. The van der Waals surface area contributed by atoms with Gasteiger partial charge in [-0.1, -0.05) is 38.4 Å². The van der Waals surface area contributed by atoms with Crippen molar-refractivity contribution in [2.45, 2.75) is 20.8 Å². The SMILES string of the molecule is C=C(C)CO/C(C)=C(C)/C=C(Br)\C=C\Br. The second kappa shape index (κ2) is 7.94. The molecule has 0 saturated heterocycles. The Morgan fingerprint density at radius 2 is 1.93 bits per heavy atom. The van der Waals surface area contributed by atoms with Gasteiger partial charge in [-0.15, -0.1) is 0 Å². The maximum absolute atomic E-state index is 5.52. The van der Waals surface area contributed by atoms with Crippen molar-refractivity contribution in [3.05, 3.63) is 45.1 Å². The van der Waals surface area contributed by atoms with E-state index in [1.54, 1.807) is 4.99 Å². The molecule has 0 aliphatic rings. The summed E-state index contributed by atoms with van der Waals surface area (Å²) < 4.78 is 6.52. The summed E-state index contributed by atoms with van der Waals surface area (Å²) in [5.41, 5.74) is 2.11. The Labute approximate surface area is 109 Å². The highest BCUT2D eigenvalue weighted by Crippen LogP contribution is 2.15. The van der Waals surface area contributed by atoms with Crippen LogP contribution in [0.2, 0.25) is 0 Å². The lowest BCUT2D eigenvalue weighted by molar-refractivity contribution is 0.239. The van der Waals surface area contributed by atoms with Gasteiger partial charge in [0.2, 0.25) is 0 Å². The zero-order chi connectivity index (χ0) is 11.8. The zero-order valence-electron chi connectivity index (χ0n) is 9.31. The normalized spacial score (nSPS) is 14.1. The van der Waals surface area contributed by atoms with E-state index in [1.807, 2.05) is 32.9 Å². The van der Waals surface area contributed by atoms with Crippen LogP contribution in [0.4, 0.5) is 0 Å². The van der Waals surface area contributed by atoms with E-state index in [4.69, 9.17) is 4.74 Å². The number of hydrogen-bond donors (Lipinski definition) is 0. The Hall–Kier alpha value is -0.280. The summed E-state index contributed by atoms with van der Waals surface area (Å²) in [5.74, 6) is 0.915. The topological polar surface area (TPSA) is 9.23 Å². The maximum atomic E-state index is 5.52. The van der Waals surface area contributed by atoms with Crippen molar-refractivity contribution in [1.82, 2.24) is 0 Å². The molecular formula is C12H16Br2O. The molecule has 0 aromatic heterocycles. The zero-order valence-corrected chi connectivity index (χ0v) is 12.5. The van der Waals surface area contributed by atoms with Crippen LogP contribution in [0, 0.1) is 0 Å². The van der Waals surface area contributed by atoms with Crippen LogP contribution in [0.5, 0.6) is 0 Å². The van der Waals surface area contributed by atoms with Gasteiger partial charge in [-0.3, -0.25) is 0 Å². The third-order valence-corrected chi connectivity index (χ3v) is 2.42. The van der Waals surface area contributed by atoms with E-state index in [1.165, 1.54) is 0 Å². The minimum absolute atomic E-state index is 0.572. The molecule has 0 radical (unpaired) electrons. The van der Waals surface area contributed by atoms with Gasteiger partial charge in [-0.2, -0.15) is 0 Å². The molecule has 0 aromatic carbocycles. The Bertz CT molecular complexity index is 312. The Balaban J connectivity index is 4.50. The van der Waals surface area contributed by atoms with E-state index in [0.717, 1.165) is 21.4 Å². The highest BCUT2D eigenvalue weighted by atomic mass is 79.9. The molecule has 15 heavy (non-hydrogen) atoms.